The molecule has 0 radical (unpaired) electrons. The van der Waals surface area contributed by atoms with E-state index in [2.05, 4.69) is 9.71 Å². The van der Waals surface area contributed by atoms with Crippen molar-refractivity contribution in [3.63, 3.8) is 0 Å². The molecule has 1 aromatic heterocycles. The van der Waals surface area contributed by atoms with Crippen molar-refractivity contribution in [1.29, 1.82) is 0 Å². The zero-order chi connectivity index (χ0) is 16.3. The number of hydrogen-bond acceptors (Lipinski definition) is 5. The molecule has 1 fully saturated rings. The van der Waals surface area contributed by atoms with Crippen molar-refractivity contribution in [1.82, 2.24) is 14.6 Å². The summed E-state index contributed by atoms with van der Waals surface area (Å²) in [5, 5.41) is 9.33. The summed E-state index contributed by atoms with van der Waals surface area (Å²) >= 11 is 0. The Morgan fingerprint density at radius 1 is 1.45 bits per heavy atom. The minimum absolute atomic E-state index is 0.0547. The third-order valence-corrected chi connectivity index (χ3v) is 4.26. The number of carboxylic acid groups (broad SMARTS) is 1. The lowest BCUT2D eigenvalue weighted by molar-refractivity contribution is -0.141. The van der Waals surface area contributed by atoms with Gasteiger partial charge in [-0.2, -0.15) is 0 Å². The fourth-order valence-electron chi connectivity index (χ4n) is 2.50. The zero-order valence-corrected chi connectivity index (χ0v) is 12.8. The van der Waals surface area contributed by atoms with E-state index in [1.165, 1.54) is 4.90 Å². The molecule has 0 aromatic carbocycles. The topological polar surface area (TPSA) is 117 Å². The van der Waals surface area contributed by atoms with Gasteiger partial charge in [0, 0.05) is 31.4 Å². The standard InChI is InChI=1S/C13H17N3O5S/c1-22(20,21)15-6-12(17)16-7-10(11(8-16)13(18)19)9-3-2-4-14-5-9/h2-5,10-11,15H,6-8H2,1H3,(H,18,19)/t10-,11+/m0/s1. The quantitative estimate of drug-likeness (QED) is 0.735. The summed E-state index contributed by atoms with van der Waals surface area (Å²) in [4.78, 5) is 28.8. The molecule has 22 heavy (non-hydrogen) atoms. The van der Waals surface area contributed by atoms with Crippen molar-refractivity contribution in [3.8, 4) is 0 Å². The van der Waals surface area contributed by atoms with Gasteiger partial charge in [-0.15, -0.1) is 0 Å². The predicted octanol–water partition coefficient (Wildman–Crippen LogP) is -0.743. The van der Waals surface area contributed by atoms with Crippen molar-refractivity contribution >= 4 is 21.9 Å². The van der Waals surface area contributed by atoms with E-state index in [-0.39, 0.29) is 25.6 Å². The first-order valence-electron chi connectivity index (χ1n) is 6.63. The highest BCUT2D eigenvalue weighted by molar-refractivity contribution is 7.88. The van der Waals surface area contributed by atoms with Crippen molar-refractivity contribution in [2.75, 3.05) is 25.9 Å². The third kappa shape index (κ3) is 4.01. The molecule has 2 N–H and O–H groups in total. The van der Waals surface area contributed by atoms with Gasteiger partial charge in [-0.1, -0.05) is 6.07 Å². The number of nitrogens with one attached hydrogen (secondary N) is 1. The summed E-state index contributed by atoms with van der Waals surface area (Å²) in [6.45, 7) is -0.0863. The highest BCUT2D eigenvalue weighted by Crippen LogP contribution is 2.32. The molecule has 0 aliphatic carbocycles. The first kappa shape index (κ1) is 16.4. The van der Waals surface area contributed by atoms with Gasteiger partial charge < -0.3 is 10.0 Å². The van der Waals surface area contributed by atoms with Crippen LogP contribution in [-0.4, -0.2) is 61.2 Å². The van der Waals surface area contributed by atoms with Crippen LogP contribution in [0, 0.1) is 5.92 Å². The molecule has 9 heteroatoms. The van der Waals surface area contributed by atoms with Crippen LogP contribution in [0.2, 0.25) is 0 Å². The largest absolute Gasteiger partial charge is 0.481 e. The number of nitrogens with zero attached hydrogens (tertiary/aromatic N) is 2. The average Bonchev–Trinajstić information content (AvgIpc) is 2.90. The van der Waals surface area contributed by atoms with Crippen molar-refractivity contribution in [3.05, 3.63) is 30.1 Å². The molecule has 1 amide bonds. The average molecular weight is 327 g/mol. The number of carbonyl (C=O) groups excluding carboxylic acids is 1. The van der Waals surface area contributed by atoms with Crippen LogP contribution in [-0.2, 0) is 19.6 Å². The van der Waals surface area contributed by atoms with Crippen LogP contribution in [0.4, 0.5) is 0 Å². The summed E-state index contributed by atoms with van der Waals surface area (Å²) in [7, 11) is -3.47. The highest BCUT2D eigenvalue weighted by atomic mass is 32.2. The first-order valence-corrected chi connectivity index (χ1v) is 8.52. The van der Waals surface area contributed by atoms with Crippen LogP contribution in [0.25, 0.3) is 0 Å². The number of aliphatic carboxylic acids is 1. The first-order chi connectivity index (χ1) is 10.3. The molecule has 1 saturated heterocycles. The fourth-order valence-corrected chi connectivity index (χ4v) is 2.88. The van der Waals surface area contributed by atoms with E-state index in [1.54, 1.807) is 24.5 Å². The second kappa shape index (κ2) is 6.41. The molecule has 0 bridgehead atoms. The van der Waals surface area contributed by atoms with E-state index >= 15 is 0 Å². The molecule has 2 heterocycles. The Morgan fingerprint density at radius 3 is 2.73 bits per heavy atom. The Hall–Kier alpha value is -2.00. The number of sulfonamides is 1. The molecular formula is C13H17N3O5S. The van der Waals surface area contributed by atoms with E-state index in [9.17, 15) is 23.1 Å². The molecule has 0 spiro atoms. The molecule has 2 atom stereocenters. The van der Waals surface area contributed by atoms with E-state index in [0.29, 0.717) is 0 Å². The fraction of sp³-hybridized carbons (Fsp3) is 0.462. The summed E-state index contributed by atoms with van der Waals surface area (Å²) in [6.07, 6.45) is 4.14. The lowest BCUT2D eigenvalue weighted by Crippen LogP contribution is -2.39. The number of carboxylic acids is 1. The molecule has 1 aromatic rings. The van der Waals surface area contributed by atoms with Gasteiger partial charge in [0.15, 0.2) is 0 Å². The number of hydrogen-bond donors (Lipinski definition) is 2. The summed E-state index contributed by atoms with van der Waals surface area (Å²) in [5.74, 6) is -2.51. The maximum atomic E-state index is 12.0. The van der Waals surface area contributed by atoms with Crippen LogP contribution in [0.3, 0.4) is 0 Å². The van der Waals surface area contributed by atoms with Crippen LogP contribution < -0.4 is 4.72 Å². The van der Waals surface area contributed by atoms with E-state index in [1.807, 2.05) is 0 Å². The van der Waals surface area contributed by atoms with E-state index in [0.717, 1.165) is 11.8 Å². The number of rotatable bonds is 5. The number of aromatic nitrogens is 1. The maximum absolute atomic E-state index is 12.0. The lowest BCUT2D eigenvalue weighted by Gasteiger charge is -2.16. The molecule has 8 nitrogen and oxygen atoms in total. The van der Waals surface area contributed by atoms with Crippen LogP contribution in [0.5, 0.6) is 0 Å². The van der Waals surface area contributed by atoms with Gasteiger partial charge in [0.2, 0.25) is 15.9 Å². The highest BCUT2D eigenvalue weighted by Gasteiger charge is 2.40. The zero-order valence-electron chi connectivity index (χ0n) is 12.0. The molecule has 1 aliphatic rings. The molecular weight excluding hydrogens is 310 g/mol. The van der Waals surface area contributed by atoms with Crippen LogP contribution in [0.1, 0.15) is 11.5 Å². The van der Waals surface area contributed by atoms with Gasteiger partial charge in [-0.25, -0.2) is 13.1 Å². The molecule has 0 unspecified atom stereocenters. The number of carbonyl (C=O) groups is 2. The van der Waals surface area contributed by atoms with Crippen molar-refractivity contribution < 1.29 is 23.1 Å². The SMILES string of the molecule is CS(=O)(=O)NCC(=O)N1C[C@@H](C(=O)O)[C@H](c2cccnc2)C1. The minimum Gasteiger partial charge on any atom is -0.481 e. The monoisotopic (exact) mass is 327 g/mol. The summed E-state index contributed by atoms with van der Waals surface area (Å²) < 4.78 is 24.2. The maximum Gasteiger partial charge on any atom is 0.308 e. The Bertz CT molecular complexity index is 662. The number of likely N-dealkylation sites (tertiary alicyclic amines) is 1. The molecule has 1 aliphatic heterocycles. The van der Waals surface area contributed by atoms with Gasteiger partial charge in [0.05, 0.1) is 18.7 Å². The molecule has 120 valence electrons. The van der Waals surface area contributed by atoms with Crippen LogP contribution >= 0.6 is 0 Å². The molecule has 0 saturated carbocycles. The summed E-state index contributed by atoms with van der Waals surface area (Å²) in [5.41, 5.74) is 0.751. The van der Waals surface area contributed by atoms with Crippen molar-refractivity contribution in [2.24, 2.45) is 5.92 Å². The Morgan fingerprint density at radius 2 is 2.18 bits per heavy atom. The number of amides is 1. The Labute approximate surface area is 128 Å². The third-order valence-electron chi connectivity index (χ3n) is 3.59. The van der Waals surface area contributed by atoms with Crippen LogP contribution in [0.15, 0.2) is 24.5 Å². The normalized spacial score (nSPS) is 21.8. The minimum atomic E-state index is -3.47. The van der Waals surface area contributed by atoms with Gasteiger partial charge in [0.25, 0.3) is 0 Å². The summed E-state index contributed by atoms with van der Waals surface area (Å²) in [6, 6.07) is 3.49. The second-order valence-electron chi connectivity index (χ2n) is 5.23. The molecule has 2 rings (SSSR count). The van der Waals surface area contributed by atoms with Gasteiger partial charge in [-0.3, -0.25) is 14.6 Å². The Balaban J connectivity index is 2.11. The smallest absolute Gasteiger partial charge is 0.308 e. The van der Waals surface area contributed by atoms with Gasteiger partial charge in [-0.05, 0) is 11.6 Å². The predicted molar refractivity (Wildman–Crippen MR) is 77.5 cm³/mol. The lowest BCUT2D eigenvalue weighted by atomic mass is 9.90. The Kier molecular flexibility index (Phi) is 4.77. The number of pyridine rings is 1. The van der Waals surface area contributed by atoms with Gasteiger partial charge >= 0.3 is 5.97 Å². The van der Waals surface area contributed by atoms with Crippen molar-refractivity contribution in [2.45, 2.75) is 5.92 Å². The van der Waals surface area contributed by atoms with E-state index < -0.39 is 27.8 Å². The van der Waals surface area contributed by atoms with E-state index in [4.69, 9.17) is 0 Å². The van der Waals surface area contributed by atoms with Gasteiger partial charge in [0.1, 0.15) is 0 Å². The second-order valence-corrected chi connectivity index (χ2v) is 7.06.